The van der Waals surface area contributed by atoms with Gasteiger partial charge < -0.3 is 20.1 Å². The van der Waals surface area contributed by atoms with Gasteiger partial charge in [-0.25, -0.2) is 9.59 Å². The van der Waals surface area contributed by atoms with E-state index in [1.807, 2.05) is 6.92 Å². The fourth-order valence-electron chi connectivity index (χ4n) is 1.65. The van der Waals surface area contributed by atoms with Crippen molar-refractivity contribution in [2.24, 2.45) is 0 Å². The van der Waals surface area contributed by atoms with E-state index in [1.54, 1.807) is 20.2 Å². The summed E-state index contributed by atoms with van der Waals surface area (Å²) in [5, 5.41) is 11.7. The van der Waals surface area contributed by atoms with Gasteiger partial charge in [-0.1, -0.05) is 6.07 Å². The van der Waals surface area contributed by atoms with Gasteiger partial charge in [0, 0.05) is 33.0 Å². The van der Waals surface area contributed by atoms with Crippen molar-refractivity contribution in [3.05, 3.63) is 29.3 Å². The van der Waals surface area contributed by atoms with Crippen LogP contribution in [0, 0.1) is 6.92 Å². The van der Waals surface area contributed by atoms with Crippen LogP contribution in [0.5, 0.6) is 0 Å². The van der Waals surface area contributed by atoms with E-state index < -0.39 is 5.97 Å². The number of benzene rings is 1. The third kappa shape index (κ3) is 4.55. The Hall–Kier alpha value is -2.08. The number of aromatic carboxylic acids is 1. The standard InChI is InChI=1S/C14H20N2O4/c1-10-5-6-11(13(17)18)9-12(10)15-14(19)16(2)7-4-8-20-3/h5-6,9H,4,7-8H2,1-3H3,(H,15,19)(H,17,18). The van der Waals surface area contributed by atoms with E-state index in [-0.39, 0.29) is 11.6 Å². The second-order valence-corrected chi connectivity index (χ2v) is 4.53. The zero-order chi connectivity index (χ0) is 15.1. The van der Waals surface area contributed by atoms with Crippen LogP contribution in [0.2, 0.25) is 0 Å². The molecule has 0 saturated heterocycles. The van der Waals surface area contributed by atoms with Crippen LogP contribution in [0.1, 0.15) is 22.3 Å². The number of methoxy groups -OCH3 is 1. The maximum atomic E-state index is 12.0. The second-order valence-electron chi connectivity index (χ2n) is 4.53. The molecule has 6 nitrogen and oxygen atoms in total. The van der Waals surface area contributed by atoms with E-state index >= 15 is 0 Å². The third-order valence-electron chi connectivity index (χ3n) is 2.91. The van der Waals surface area contributed by atoms with Crippen molar-refractivity contribution >= 4 is 17.7 Å². The van der Waals surface area contributed by atoms with Crippen LogP contribution < -0.4 is 5.32 Å². The molecule has 2 N–H and O–H groups in total. The van der Waals surface area contributed by atoms with Crippen LogP contribution >= 0.6 is 0 Å². The summed E-state index contributed by atoms with van der Waals surface area (Å²) in [6, 6.07) is 4.37. The Morgan fingerprint density at radius 3 is 2.70 bits per heavy atom. The van der Waals surface area contributed by atoms with E-state index in [4.69, 9.17) is 9.84 Å². The molecule has 0 saturated carbocycles. The number of nitrogens with one attached hydrogen (secondary N) is 1. The van der Waals surface area contributed by atoms with Crippen LogP contribution in [0.25, 0.3) is 0 Å². The molecule has 1 aromatic carbocycles. The molecule has 2 amide bonds. The van der Waals surface area contributed by atoms with Crippen molar-refractivity contribution in [1.29, 1.82) is 0 Å². The number of aryl methyl sites for hydroxylation is 1. The molecule has 0 aliphatic heterocycles. The van der Waals surface area contributed by atoms with Crippen LogP contribution in [-0.4, -0.2) is 49.3 Å². The van der Waals surface area contributed by atoms with E-state index in [9.17, 15) is 9.59 Å². The van der Waals surface area contributed by atoms with E-state index in [1.165, 1.54) is 17.0 Å². The molecule has 0 heterocycles. The lowest BCUT2D eigenvalue weighted by Gasteiger charge is -2.18. The summed E-state index contributed by atoms with van der Waals surface area (Å²) >= 11 is 0. The topological polar surface area (TPSA) is 78.9 Å². The number of urea groups is 1. The van der Waals surface area contributed by atoms with Gasteiger partial charge in [-0.05, 0) is 31.0 Å². The van der Waals surface area contributed by atoms with Gasteiger partial charge in [-0.3, -0.25) is 0 Å². The summed E-state index contributed by atoms with van der Waals surface area (Å²) in [6.07, 6.45) is 0.745. The maximum Gasteiger partial charge on any atom is 0.335 e. The number of amides is 2. The van der Waals surface area contributed by atoms with Gasteiger partial charge >= 0.3 is 12.0 Å². The van der Waals surface area contributed by atoms with Crippen molar-refractivity contribution in [3.63, 3.8) is 0 Å². The number of anilines is 1. The number of hydrogen-bond acceptors (Lipinski definition) is 3. The highest BCUT2D eigenvalue weighted by molar-refractivity contribution is 5.93. The summed E-state index contributed by atoms with van der Waals surface area (Å²) in [4.78, 5) is 24.4. The largest absolute Gasteiger partial charge is 0.478 e. The Bertz CT molecular complexity index is 488. The summed E-state index contributed by atoms with van der Waals surface area (Å²) in [6.45, 7) is 2.97. The van der Waals surface area contributed by atoms with E-state index in [0.29, 0.717) is 18.8 Å². The van der Waals surface area contributed by atoms with Gasteiger partial charge in [0.25, 0.3) is 0 Å². The molecule has 0 unspecified atom stereocenters. The van der Waals surface area contributed by atoms with Gasteiger partial charge in [0.2, 0.25) is 0 Å². The first-order chi connectivity index (χ1) is 9.45. The monoisotopic (exact) mass is 280 g/mol. The average molecular weight is 280 g/mol. The highest BCUT2D eigenvalue weighted by Gasteiger charge is 2.12. The summed E-state index contributed by atoms with van der Waals surface area (Å²) < 4.78 is 4.93. The molecule has 0 aliphatic rings. The van der Waals surface area contributed by atoms with Crippen molar-refractivity contribution in [2.75, 3.05) is 32.6 Å². The number of carboxylic acids is 1. The number of hydrogen-bond donors (Lipinski definition) is 2. The minimum atomic E-state index is -1.02. The number of carboxylic acid groups (broad SMARTS) is 1. The fourth-order valence-corrected chi connectivity index (χ4v) is 1.65. The predicted molar refractivity (Wildman–Crippen MR) is 76.3 cm³/mol. The van der Waals surface area contributed by atoms with E-state index in [0.717, 1.165) is 12.0 Å². The first-order valence-electron chi connectivity index (χ1n) is 6.30. The first kappa shape index (κ1) is 16.0. The molecule has 1 aromatic rings. The quantitative estimate of drug-likeness (QED) is 0.783. The molecular formula is C14H20N2O4. The molecule has 6 heteroatoms. The highest BCUT2D eigenvalue weighted by atomic mass is 16.5. The molecule has 0 fully saturated rings. The molecule has 1 rings (SSSR count). The molecule has 20 heavy (non-hydrogen) atoms. The Morgan fingerprint density at radius 2 is 2.10 bits per heavy atom. The van der Waals surface area contributed by atoms with Gasteiger partial charge in [0.05, 0.1) is 5.56 Å². The van der Waals surface area contributed by atoms with Gasteiger partial charge in [-0.2, -0.15) is 0 Å². The maximum absolute atomic E-state index is 12.0. The molecule has 0 radical (unpaired) electrons. The molecule has 110 valence electrons. The second kappa shape index (κ2) is 7.49. The third-order valence-corrected chi connectivity index (χ3v) is 2.91. The minimum absolute atomic E-state index is 0.146. The van der Waals surface area contributed by atoms with E-state index in [2.05, 4.69) is 5.32 Å². The highest BCUT2D eigenvalue weighted by Crippen LogP contribution is 2.17. The molecule has 0 spiro atoms. The van der Waals surface area contributed by atoms with Crippen LogP contribution in [0.3, 0.4) is 0 Å². The molecule has 0 aliphatic carbocycles. The lowest BCUT2D eigenvalue weighted by Crippen LogP contribution is -2.32. The summed E-state index contributed by atoms with van der Waals surface area (Å²) in [7, 11) is 3.29. The Balaban J connectivity index is 2.69. The number of carbonyl (C=O) groups is 2. The molecule has 0 bridgehead atoms. The van der Waals surface area contributed by atoms with Crippen LogP contribution in [0.4, 0.5) is 10.5 Å². The Morgan fingerprint density at radius 1 is 1.40 bits per heavy atom. The van der Waals surface area contributed by atoms with Crippen molar-refractivity contribution in [3.8, 4) is 0 Å². The fraction of sp³-hybridized carbons (Fsp3) is 0.429. The van der Waals surface area contributed by atoms with Gasteiger partial charge in [0.15, 0.2) is 0 Å². The van der Waals surface area contributed by atoms with Crippen molar-refractivity contribution in [2.45, 2.75) is 13.3 Å². The zero-order valence-corrected chi connectivity index (χ0v) is 12.0. The lowest BCUT2D eigenvalue weighted by atomic mass is 10.1. The smallest absolute Gasteiger partial charge is 0.335 e. The summed E-state index contributed by atoms with van der Waals surface area (Å²) in [5.41, 5.74) is 1.47. The van der Waals surface area contributed by atoms with Crippen LogP contribution in [0.15, 0.2) is 18.2 Å². The number of nitrogens with zero attached hydrogens (tertiary/aromatic N) is 1. The average Bonchev–Trinajstić information content (AvgIpc) is 2.41. The summed E-state index contributed by atoms with van der Waals surface area (Å²) in [5.74, 6) is -1.02. The van der Waals surface area contributed by atoms with Crippen molar-refractivity contribution < 1.29 is 19.4 Å². The molecule has 0 aromatic heterocycles. The van der Waals surface area contributed by atoms with Crippen molar-refractivity contribution in [1.82, 2.24) is 4.90 Å². The number of carbonyl (C=O) groups excluding carboxylic acids is 1. The van der Waals surface area contributed by atoms with Crippen LogP contribution in [-0.2, 0) is 4.74 Å². The van der Waals surface area contributed by atoms with Gasteiger partial charge in [0.1, 0.15) is 0 Å². The SMILES string of the molecule is COCCCN(C)C(=O)Nc1cc(C(=O)O)ccc1C. The number of rotatable bonds is 6. The number of ether oxygens (including phenoxy) is 1. The first-order valence-corrected chi connectivity index (χ1v) is 6.30. The zero-order valence-electron chi connectivity index (χ0n) is 12.0. The predicted octanol–water partition coefficient (Wildman–Crippen LogP) is 2.19. The Kier molecular flexibility index (Phi) is 5.99. The molecular weight excluding hydrogens is 260 g/mol. The van der Waals surface area contributed by atoms with Gasteiger partial charge in [-0.15, -0.1) is 0 Å². The normalized spacial score (nSPS) is 10.2. The minimum Gasteiger partial charge on any atom is -0.478 e. The Labute approximate surface area is 118 Å². The lowest BCUT2D eigenvalue weighted by molar-refractivity contribution is 0.0697. The molecule has 0 atom stereocenters.